The van der Waals surface area contributed by atoms with Crippen molar-refractivity contribution in [1.29, 1.82) is 0 Å². The number of hydrazone groups is 1. The third kappa shape index (κ3) is 3.13. The minimum Gasteiger partial charge on any atom is -0.465 e. The second kappa shape index (κ2) is 7.38. The fraction of sp³-hybridized carbons (Fsp3) is 0.182. The van der Waals surface area contributed by atoms with Crippen LogP contribution in [0.15, 0.2) is 64.3 Å². The molecule has 30 heavy (non-hydrogen) atoms. The molecule has 2 aromatic carbocycles. The van der Waals surface area contributed by atoms with Gasteiger partial charge in [0, 0.05) is 22.6 Å². The monoisotopic (exact) mass is 442 g/mol. The van der Waals surface area contributed by atoms with Crippen molar-refractivity contribution in [2.75, 3.05) is 7.11 Å². The van der Waals surface area contributed by atoms with Gasteiger partial charge in [-0.05, 0) is 36.4 Å². The molecule has 6 nitrogen and oxygen atoms in total. The zero-order valence-corrected chi connectivity index (χ0v) is 17.4. The SMILES string of the molecule is COC(=O)c1ccc(C2Oc3c(Cl)cc(Cl)cc3C3CC(c4ccco4)=NN32)cc1. The van der Waals surface area contributed by atoms with Crippen LogP contribution in [0.3, 0.4) is 0 Å². The van der Waals surface area contributed by atoms with Crippen LogP contribution in [0.1, 0.15) is 45.9 Å². The topological polar surface area (TPSA) is 64.3 Å². The first-order valence-electron chi connectivity index (χ1n) is 9.28. The number of nitrogens with zero attached hydrogens (tertiary/aromatic N) is 2. The highest BCUT2D eigenvalue weighted by atomic mass is 35.5. The number of methoxy groups -OCH3 is 1. The molecule has 3 heterocycles. The molecule has 0 fully saturated rings. The van der Waals surface area contributed by atoms with Crippen molar-refractivity contribution in [1.82, 2.24) is 5.01 Å². The van der Waals surface area contributed by atoms with Crippen molar-refractivity contribution >= 4 is 34.9 Å². The Morgan fingerprint density at radius 1 is 1.20 bits per heavy atom. The van der Waals surface area contributed by atoms with Crippen molar-refractivity contribution in [2.24, 2.45) is 5.10 Å². The molecule has 0 amide bonds. The van der Waals surface area contributed by atoms with Gasteiger partial charge in [0.15, 0.2) is 0 Å². The van der Waals surface area contributed by atoms with Crippen molar-refractivity contribution in [3.63, 3.8) is 0 Å². The van der Waals surface area contributed by atoms with E-state index < -0.39 is 12.2 Å². The summed E-state index contributed by atoms with van der Waals surface area (Å²) >= 11 is 12.7. The number of esters is 1. The molecule has 2 unspecified atom stereocenters. The summed E-state index contributed by atoms with van der Waals surface area (Å²) in [6, 6.07) is 14.2. The Morgan fingerprint density at radius 3 is 2.70 bits per heavy atom. The molecule has 0 radical (unpaired) electrons. The van der Waals surface area contributed by atoms with Crippen molar-refractivity contribution < 1.29 is 18.7 Å². The highest BCUT2D eigenvalue weighted by Crippen LogP contribution is 2.50. The number of halogens is 2. The van der Waals surface area contributed by atoms with Crippen molar-refractivity contribution in [3.05, 3.63) is 87.3 Å². The summed E-state index contributed by atoms with van der Waals surface area (Å²) in [5.41, 5.74) is 2.97. The Kier molecular flexibility index (Phi) is 4.68. The highest BCUT2D eigenvalue weighted by Gasteiger charge is 2.42. The summed E-state index contributed by atoms with van der Waals surface area (Å²) in [4.78, 5) is 11.8. The normalized spacial score (nSPS) is 19.6. The molecule has 5 rings (SSSR count). The molecule has 2 atom stereocenters. The maximum atomic E-state index is 11.8. The first kappa shape index (κ1) is 19.0. The summed E-state index contributed by atoms with van der Waals surface area (Å²) in [5, 5.41) is 7.67. The number of hydrogen-bond donors (Lipinski definition) is 0. The third-order valence-electron chi connectivity index (χ3n) is 5.23. The number of ether oxygens (including phenoxy) is 2. The largest absolute Gasteiger partial charge is 0.465 e. The Hall–Kier alpha value is -2.96. The van der Waals surface area contributed by atoms with E-state index in [2.05, 4.69) is 0 Å². The average molecular weight is 443 g/mol. The van der Waals surface area contributed by atoms with Crippen molar-refractivity contribution in [2.45, 2.75) is 18.7 Å². The number of benzene rings is 2. The lowest BCUT2D eigenvalue weighted by Gasteiger charge is -2.38. The number of hydrogen-bond acceptors (Lipinski definition) is 6. The van der Waals surface area contributed by atoms with Crippen LogP contribution in [0, 0.1) is 0 Å². The van der Waals surface area contributed by atoms with Crippen LogP contribution in [0.5, 0.6) is 5.75 Å². The number of carbonyl (C=O) groups is 1. The van der Waals surface area contributed by atoms with E-state index in [1.807, 2.05) is 35.3 Å². The first-order chi connectivity index (χ1) is 14.5. The average Bonchev–Trinajstić information content (AvgIpc) is 3.43. The summed E-state index contributed by atoms with van der Waals surface area (Å²) in [7, 11) is 1.35. The lowest BCUT2D eigenvalue weighted by molar-refractivity contribution is -0.0189. The molecular weight excluding hydrogens is 427 g/mol. The van der Waals surface area contributed by atoms with Gasteiger partial charge in [-0.1, -0.05) is 35.3 Å². The molecule has 0 bridgehead atoms. The molecular formula is C22H16Cl2N2O4. The van der Waals surface area contributed by atoms with Crippen LogP contribution in [0.2, 0.25) is 10.0 Å². The van der Waals surface area contributed by atoms with E-state index in [4.69, 9.17) is 42.2 Å². The van der Waals surface area contributed by atoms with Crippen LogP contribution < -0.4 is 4.74 Å². The van der Waals surface area contributed by atoms with Gasteiger partial charge in [0.2, 0.25) is 6.23 Å². The highest BCUT2D eigenvalue weighted by molar-refractivity contribution is 6.35. The molecule has 0 N–H and O–H groups in total. The summed E-state index contributed by atoms with van der Waals surface area (Å²) < 4.78 is 16.6. The zero-order valence-electron chi connectivity index (χ0n) is 15.8. The predicted molar refractivity (Wildman–Crippen MR) is 112 cm³/mol. The number of carbonyl (C=O) groups excluding carboxylic acids is 1. The van der Waals surface area contributed by atoms with E-state index in [0.717, 1.165) is 16.8 Å². The molecule has 8 heteroatoms. The number of rotatable bonds is 3. The fourth-order valence-electron chi connectivity index (χ4n) is 3.83. The second-order valence-electron chi connectivity index (χ2n) is 7.01. The van der Waals surface area contributed by atoms with E-state index in [-0.39, 0.29) is 6.04 Å². The van der Waals surface area contributed by atoms with Crippen LogP contribution in [-0.2, 0) is 4.74 Å². The minimum atomic E-state index is -0.527. The van der Waals surface area contributed by atoms with Gasteiger partial charge in [0.05, 0.1) is 30.0 Å². The molecule has 0 aliphatic carbocycles. The second-order valence-corrected chi connectivity index (χ2v) is 7.86. The lowest BCUT2D eigenvalue weighted by atomic mass is 9.97. The van der Waals surface area contributed by atoms with E-state index in [1.54, 1.807) is 24.5 Å². The number of furan rings is 1. The molecule has 2 aliphatic heterocycles. The van der Waals surface area contributed by atoms with Crippen LogP contribution in [-0.4, -0.2) is 23.8 Å². The standard InChI is InChI=1S/C22H16Cl2N2O4/c1-28-22(27)13-6-4-12(5-7-13)21-26-18(11-17(25-26)19-3-2-8-29-19)15-9-14(23)10-16(24)20(15)30-21/h2-10,18,21H,11H2,1H3. The molecule has 0 saturated heterocycles. The summed E-state index contributed by atoms with van der Waals surface area (Å²) in [6.45, 7) is 0. The van der Waals surface area contributed by atoms with E-state index in [1.165, 1.54) is 7.11 Å². The molecule has 2 aliphatic rings. The molecule has 1 aromatic heterocycles. The maximum Gasteiger partial charge on any atom is 0.337 e. The Balaban J connectivity index is 1.59. The lowest BCUT2D eigenvalue weighted by Crippen LogP contribution is -2.33. The zero-order chi connectivity index (χ0) is 20.8. The first-order valence-corrected chi connectivity index (χ1v) is 10.0. The van der Waals surface area contributed by atoms with E-state index in [9.17, 15) is 4.79 Å². The van der Waals surface area contributed by atoms with Gasteiger partial charge in [0.25, 0.3) is 0 Å². The minimum absolute atomic E-state index is 0.115. The van der Waals surface area contributed by atoms with Gasteiger partial charge < -0.3 is 13.9 Å². The molecule has 152 valence electrons. The molecule has 3 aromatic rings. The Bertz CT molecular complexity index is 1140. The van der Waals surface area contributed by atoms with E-state index >= 15 is 0 Å². The van der Waals surface area contributed by atoms with Gasteiger partial charge in [-0.2, -0.15) is 5.10 Å². The van der Waals surface area contributed by atoms with Gasteiger partial charge in [-0.3, -0.25) is 0 Å². The molecule has 0 saturated carbocycles. The summed E-state index contributed by atoms with van der Waals surface area (Å²) in [5.74, 6) is 0.894. The molecule has 0 spiro atoms. The number of fused-ring (bicyclic) bond motifs is 3. The third-order valence-corrected chi connectivity index (χ3v) is 5.73. The van der Waals surface area contributed by atoms with Crippen LogP contribution >= 0.6 is 23.2 Å². The smallest absolute Gasteiger partial charge is 0.337 e. The van der Waals surface area contributed by atoms with Gasteiger partial charge >= 0.3 is 5.97 Å². The van der Waals surface area contributed by atoms with E-state index in [0.29, 0.717) is 33.5 Å². The fourth-order valence-corrected chi connectivity index (χ4v) is 4.38. The van der Waals surface area contributed by atoms with Gasteiger partial charge in [0.1, 0.15) is 17.2 Å². The van der Waals surface area contributed by atoms with Crippen LogP contribution in [0.4, 0.5) is 0 Å². The Labute approximate surface area is 182 Å². The predicted octanol–water partition coefficient (Wildman–Crippen LogP) is 5.62. The maximum absolute atomic E-state index is 11.8. The summed E-state index contributed by atoms with van der Waals surface area (Å²) in [6.07, 6.45) is 1.72. The van der Waals surface area contributed by atoms with Gasteiger partial charge in [-0.15, -0.1) is 0 Å². The quantitative estimate of drug-likeness (QED) is 0.492. The van der Waals surface area contributed by atoms with Crippen LogP contribution in [0.25, 0.3) is 0 Å². The Morgan fingerprint density at radius 2 is 2.00 bits per heavy atom. The van der Waals surface area contributed by atoms with Crippen molar-refractivity contribution in [3.8, 4) is 5.75 Å². The van der Waals surface area contributed by atoms with Gasteiger partial charge in [-0.25, -0.2) is 9.80 Å².